The lowest BCUT2D eigenvalue weighted by atomic mass is 9.87. The first kappa shape index (κ1) is 12.5. The summed E-state index contributed by atoms with van der Waals surface area (Å²) in [7, 11) is 0. The van der Waals surface area contributed by atoms with Crippen LogP contribution in [0.5, 0.6) is 0 Å². The molecule has 102 valence electrons. The van der Waals surface area contributed by atoms with Gasteiger partial charge in [-0.3, -0.25) is 0 Å². The molecule has 0 amide bonds. The first-order valence-electron chi connectivity index (χ1n) is 6.88. The highest BCUT2D eigenvalue weighted by atomic mass is 16.3. The normalized spacial score (nSPS) is 15.5. The number of aromatic nitrogens is 2. The molecule has 0 saturated heterocycles. The van der Waals surface area contributed by atoms with Gasteiger partial charge in [-0.2, -0.15) is 0 Å². The van der Waals surface area contributed by atoms with E-state index < -0.39 is 0 Å². The summed E-state index contributed by atoms with van der Waals surface area (Å²) in [6, 6.07) is 3.83. The molecule has 0 unspecified atom stereocenters. The van der Waals surface area contributed by atoms with Crippen molar-refractivity contribution in [1.29, 1.82) is 0 Å². The molecule has 0 saturated carbocycles. The van der Waals surface area contributed by atoms with Crippen molar-refractivity contribution < 1.29 is 9.52 Å². The molecule has 0 atom stereocenters. The lowest BCUT2D eigenvalue weighted by molar-refractivity contribution is 0.214. The lowest BCUT2D eigenvalue weighted by Crippen LogP contribution is -2.25. The maximum Gasteiger partial charge on any atom is 0.176 e. The van der Waals surface area contributed by atoms with E-state index in [1.807, 2.05) is 26.0 Å². The number of imidazole rings is 1. The molecular weight excluding hydrogens is 240 g/mol. The molecule has 0 spiro atoms. The van der Waals surface area contributed by atoms with Gasteiger partial charge in [0.15, 0.2) is 11.6 Å². The first-order valence-corrected chi connectivity index (χ1v) is 6.88. The maximum absolute atomic E-state index is 9.62. The highest BCUT2D eigenvalue weighted by Crippen LogP contribution is 2.33. The second kappa shape index (κ2) is 4.53. The van der Waals surface area contributed by atoms with Crippen LogP contribution >= 0.6 is 0 Å². The Kier molecular flexibility index (Phi) is 2.97. The third-order valence-electron chi connectivity index (χ3n) is 3.90. The molecule has 2 aromatic rings. The number of fused-ring (bicyclic) bond motifs is 1. The van der Waals surface area contributed by atoms with Crippen molar-refractivity contribution in [2.24, 2.45) is 0 Å². The van der Waals surface area contributed by atoms with E-state index in [1.165, 1.54) is 18.5 Å². The van der Waals surface area contributed by atoms with Gasteiger partial charge >= 0.3 is 0 Å². The van der Waals surface area contributed by atoms with Crippen LogP contribution in [0, 0.1) is 0 Å². The molecule has 0 bridgehead atoms. The number of nitrogens with zero attached hydrogens (tertiary/aromatic N) is 2. The Bertz CT molecular complexity index is 567. The predicted molar refractivity (Wildman–Crippen MR) is 73.0 cm³/mol. The van der Waals surface area contributed by atoms with Gasteiger partial charge in [-0.25, -0.2) is 4.98 Å². The van der Waals surface area contributed by atoms with E-state index in [0.29, 0.717) is 0 Å². The van der Waals surface area contributed by atoms with Crippen LogP contribution in [0.25, 0.3) is 11.6 Å². The Morgan fingerprint density at radius 2 is 2.26 bits per heavy atom. The predicted octanol–water partition coefficient (Wildman–Crippen LogP) is 2.75. The smallest absolute Gasteiger partial charge is 0.176 e. The third kappa shape index (κ3) is 2.00. The zero-order valence-electron chi connectivity index (χ0n) is 11.5. The van der Waals surface area contributed by atoms with E-state index in [-0.39, 0.29) is 12.0 Å². The SMILES string of the molecule is CC(C)(CO)c1nc(-c2ccco2)n2c1CCCC2. The molecule has 1 aliphatic rings. The molecule has 2 aromatic heterocycles. The monoisotopic (exact) mass is 260 g/mol. The molecule has 0 radical (unpaired) electrons. The van der Waals surface area contributed by atoms with Crippen LogP contribution < -0.4 is 0 Å². The molecule has 0 aromatic carbocycles. The van der Waals surface area contributed by atoms with Gasteiger partial charge in [0, 0.05) is 17.7 Å². The Labute approximate surface area is 113 Å². The quantitative estimate of drug-likeness (QED) is 0.923. The van der Waals surface area contributed by atoms with Crippen LogP contribution in [0.4, 0.5) is 0 Å². The van der Waals surface area contributed by atoms with E-state index in [2.05, 4.69) is 4.57 Å². The van der Waals surface area contributed by atoms with Crippen molar-refractivity contribution in [2.45, 2.75) is 45.1 Å². The average molecular weight is 260 g/mol. The van der Waals surface area contributed by atoms with Crippen LogP contribution in [0.2, 0.25) is 0 Å². The van der Waals surface area contributed by atoms with Gasteiger partial charge in [-0.15, -0.1) is 0 Å². The van der Waals surface area contributed by atoms with Crippen molar-refractivity contribution in [3.05, 3.63) is 29.8 Å². The topological polar surface area (TPSA) is 51.2 Å². The lowest BCUT2D eigenvalue weighted by Gasteiger charge is -2.23. The summed E-state index contributed by atoms with van der Waals surface area (Å²) in [4.78, 5) is 4.79. The van der Waals surface area contributed by atoms with Gasteiger partial charge in [0.25, 0.3) is 0 Å². The molecule has 3 heterocycles. The van der Waals surface area contributed by atoms with Gasteiger partial charge in [0.1, 0.15) is 0 Å². The zero-order valence-corrected chi connectivity index (χ0v) is 11.5. The van der Waals surface area contributed by atoms with Crippen LogP contribution in [-0.2, 0) is 18.4 Å². The Morgan fingerprint density at radius 3 is 2.95 bits per heavy atom. The second-order valence-electron chi connectivity index (χ2n) is 5.86. The van der Waals surface area contributed by atoms with Crippen molar-refractivity contribution in [3.63, 3.8) is 0 Å². The van der Waals surface area contributed by atoms with Gasteiger partial charge in [-0.05, 0) is 31.4 Å². The van der Waals surface area contributed by atoms with Crippen molar-refractivity contribution >= 4 is 0 Å². The summed E-state index contributed by atoms with van der Waals surface area (Å²) in [5.41, 5.74) is 1.97. The number of aliphatic hydroxyl groups is 1. The molecule has 1 aliphatic heterocycles. The summed E-state index contributed by atoms with van der Waals surface area (Å²) in [5, 5.41) is 9.62. The van der Waals surface area contributed by atoms with E-state index in [9.17, 15) is 5.11 Å². The van der Waals surface area contributed by atoms with Crippen LogP contribution in [0.3, 0.4) is 0 Å². The van der Waals surface area contributed by atoms with Crippen molar-refractivity contribution in [2.75, 3.05) is 6.61 Å². The van der Waals surface area contributed by atoms with Crippen LogP contribution in [-0.4, -0.2) is 21.3 Å². The zero-order chi connectivity index (χ0) is 13.5. The van der Waals surface area contributed by atoms with Gasteiger partial charge in [0.05, 0.1) is 18.6 Å². The molecular formula is C15H20N2O2. The molecule has 19 heavy (non-hydrogen) atoms. The Hall–Kier alpha value is -1.55. The molecule has 3 rings (SSSR count). The molecule has 4 heteroatoms. The third-order valence-corrected chi connectivity index (χ3v) is 3.90. The maximum atomic E-state index is 9.62. The minimum absolute atomic E-state index is 0.106. The van der Waals surface area contributed by atoms with Gasteiger partial charge in [0.2, 0.25) is 0 Å². The fourth-order valence-electron chi connectivity index (χ4n) is 2.75. The largest absolute Gasteiger partial charge is 0.461 e. The van der Waals surface area contributed by atoms with Gasteiger partial charge in [-0.1, -0.05) is 13.8 Å². The Balaban J connectivity index is 2.17. The highest BCUT2D eigenvalue weighted by Gasteiger charge is 2.31. The number of aliphatic hydroxyl groups excluding tert-OH is 1. The summed E-state index contributed by atoms with van der Waals surface area (Å²) >= 11 is 0. The minimum Gasteiger partial charge on any atom is -0.461 e. The second-order valence-corrected chi connectivity index (χ2v) is 5.86. The van der Waals surface area contributed by atoms with Crippen LogP contribution in [0.1, 0.15) is 38.1 Å². The number of hydrogen-bond acceptors (Lipinski definition) is 3. The number of hydrogen-bond donors (Lipinski definition) is 1. The molecule has 0 aliphatic carbocycles. The van der Waals surface area contributed by atoms with E-state index in [4.69, 9.17) is 9.40 Å². The Morgan fingerprint density at radius 1 is 1.42 bits per heavy atom. The van der Waals surface area contributed by atoms with Gasteiger partial charge < -0.3 is 14.1 Å². The van der Waals surface area contributed by atoms with Crippen molar-refractivity contribution in [3.8, 4) is 11.6 Å². The summed E-state index contributed by atoms with van der Waals surface area (Å²) in [6.07, 6.45) is 5.08. The summed E-state index contributed by atoms with van der Waals surface area (Å²) in [6.45, 7) is 5.17. The summed E-state index contributed by atoms with van der Waals surface area (Å²) < 4.78 is 7.76. The first-order chi connectivity index (χ1) is 9.13. The molecule has 1 N–H and O–H groups in total. The fraction of sp³-hybridized carbons (Fsp3) is 0.533. The average Bonchev–Trinajstić information content (AvgIpc) is 3.05. The standard InChI is InChI=1S/C15H20N2O2/c1-15(2,10-18)13-11-6-3-4-8-17(11)14(16-13)12-7-5-9-19-12/h5,7,9,18H,3-4,6,8,10H2,1-2H3. The minimum atomic E-state index is -0.306. The number of furan rings is 1. The van der Waals surface area contributed by atoms with E-state index >= 15 is 0 Å². The van der Waals surface area contributed by atoms with Crippen molar-refractivity contribution in [1.82, 2.24) is 9.55 Å². The summed E-state index contributed by atoms with van der Waals surface area (Å²) in [5.74, 6) is 1.71. The van der Waals surface area contributed by atoms with Crippen LogP contribution in [0.15, 0.2) is 22.8 Å². The highest BCUT2D eigenvalue weighted by molar-refractivity contribution is 5.51. The van der Waals surface area contributed by atoms with E-state index in [0.717, 1.165) is 30.2 Å². The fourth-order valence-corrected chi connectivity index (χ4v) is 2.75. The molecule has 4 nitrogen and oxygen atoms in total. The number of rotatable bonds is 3. The van der Waals surface area contributed by atoms with E-state index in [1.54, 1.807) is 6.26 Å². The molecule has 0 fully saturated rings.